The number of anilines is 1. The molecule has 2 fully saturated rings. The molecule has 2 aliphatic rings. The van der Waals surface area contributed by atoms with Crippen molar-refractivity contribution in [1.82, 2.24) is 5.32 Å². The van der Waals surface area contributed by atoms with Crippen LogP contribution in [0, 0.1) is 32.6 Å². The van der Waals surface area contributed by atoms with Gasteiger partial charge in [-0.15, -0.1) is 0 Å². The Morgan fingerprint density at radius 2 is 1.70 bits per heavy atom. The largest absolute Gasteiger partial charge is 0.352 e. The molecule has 2 aromatic rings. The second kappa shape index (κ2) is 8.06. The molecule has 0 unspecified atom stereocenters. The van der Waals surface area contributed by atoms with Crippen molar-refractivity contribution >= 4 is 21.6 Å². The third-order valence-corrected chi connectivity index (χ3v) is 8.39. The topological polar surface area (TPSA) is 66.5 Å². The Hall–Kier alpha value is -2.34. The molecule has 30 heavy (non-hydrogen) atoms. The zero-order valence-corrected chi connectivity index (χ0v) is 18.7. The fraction of sp³-hybridized carbons (Fsp3) is 0.458. The Balaban J connectivity index is 1.64. The van der Waals surface area contributed by atoms with E-state index in [1.807, 2.05) is 39.0 Å². The van der Waals surface area contributed by atoms with Crippen molar-refractivity contribution in [3.05, 3.63) is 59.2 Å². The smallest absolute Gasteiger partial charge is 0.264 e. The molecule has 0 heterocycles. The van der Waals surface area contributed by atoms with Crippen LogP contribution in [-0.2, 0) is 14.8 Å². The summed E-state index contributed by atoms with van der Waals surface area (Å²) < 4.78 is 28.4. The first-order chi connectivity index (χ1) is 14.2. The molecule has 0 spiro atoms. The lowest BCUT2D eigenvalue weighted by Crippen LogP contribution is -2.46. The number of aryl methyl sites for hydroxylation is 3. The molecular formula is C24H30N2O3S. The molecule has 1 N–H and O–H groups in total. The molecule has 2 bridgehead atoms. The fourth-order valence-corrected chi connectivity index (χ4v) is 6.41. The molecule has 0 radical (unpaired) electrons. The van der Waals surface area contributed by atoms with Gasteiger partial charge in [-0.2, -0.15) is 0 Å². The molecule has 160 valence electrons. The van der Waals surface area contributed by atoms with Gasteiger partial charge in [-0.3, -0.25) is 9.10 Å². The maximum absolute atomic E-state index is 13.6. The highest BCUT2D eigenvalue weighted by atomic mass is 32.2. The lowest BCUT2D eigenvalue weighted by Gasteiger charge is -2.28. The van der Waals surface area contributed by atoms with Crippen molar-refractivity contribution in [1.29, 1.82) is 0 Å². The summed E-state index contributed by atoms with van der Waals surface area (Å²) in [4.78, 5) is 13.2. The van der Waals surface area contributed by atoms with Gasteiger partial charge in [0.2, 0.25) is 5.91 Å². The van der Waals surface area contributed by atoms with Crippen LogP contribution >= 0.6 is 0 Å². The highest BCUT2D eigenvalue weighted by molar-refractivity contribution is 7.92. The minimum atomic E-state index is -3.88. The zero-order valence-electron chi connectivity index (χ0n) is 17.9. The summed E-state index contributed by atoms with van der Waals surface area (Å²) in [7, 11) is -3.88. The predicted octanol–water partition coefficient (Wildman–Crippen LogP) is 4.11. The molecule has 0 aliphatic heterocycles. The van der Waals surface area contributed by atoms with Crippen LogP contribution in [0.5, 0.6) is 0 Å². The van der Waals surface area contributed by atoms with Gasteiger partial charge in [0.1, 0.15) is 6.54 Å². The number of hydrogen-bond acceptors (Lipinski definition) is 3. The Labute approximate surface area is 179 Å². The number of fused-ring (bicyclic) bond motifs is 2. The molecule has 0 saturated heterocycles. The minimum absolute atomic E-state index is 0.179. The average molecular weight is 427 g/mol. The van der Waals surface area contributed by atoms with Crippen molar-refractivity contribution in [2.75, 3.05) is 10.8 Å². The normalized spacial score (nSPS) is 22.8. The fourth-order valence-electron chi connectivity index (χ4n) is 4.93. The molecule has 2 aliphatic carbocycles. The van der Waals surface area contributed by atoms with Gasteiger partial charge in [-0.05, 0) is 81.2 Å². The second-order valence-corrected chi connectivity index (χ2v) is 10.8. The molecule has 0 aromatic heterocycles. The quantitative estimate of drug-likeness (QED) is 0.756. The maximum atomic E-state index is 13.6. The van der Waals surface area contributed by atoms with E-state index in [0.717, 1.165) is 29.5 Å². The van der Waals surface area contributed by atoms with E-state index in [2.05, 4.69) is 5.32 Å². The standard InChI is InChI=1S/C24H30N2O3S/c1-16-5-10-21(11-6-16)30(28,29)26(23-12-17(2)4-7-18(23)3)15-24(27)25-22-14-19-8-9-20(22)13-19/h4-7,10-12,19-20,22H,8-9,13-15H2,1-3H3,(H,25,27)/t19-,20+,22-/m1/s1. The van der Waals surface area contributed by atoms with Crippen LogP contribution in [0.1, 0.15) is 42.4 Å². The van der Waals surface area contributed by atoms with Crippen LogP contribution in [0.4, 0.5) is 5.69 Å². The van der Waals surface area contributed by atoms with Gasteiger partial charge in [0.05, 0.1) is 10.6 Å². The molecule has 1 amide bonds. The summed E-state index contributed by atoms with van der Waals surface area (Å²) in [5.74, 6) is 1.03. The third kappa shape index (κ3) is 4.10. The number of hydrogen-bond donors (Lipinski definition) is 1. The summed E-state index contributed by atoms with van der Waals surface area (Å²) in [6.07, 6.45) is 4.63. The number of carbonyl (C=O) groups is 1. The van der Waals surface area contributed by atoms with E-state index in [1.165, 1.54) is 17.1 Å². The number of amides is 1. The van der Waals surface area contributed by atoms with Gasteiger partial charge in [0, 0.05) is 6.04 Å². The monoisotopic (exact) mass is 426 g/mol. The van der Waals surface area contributed by atoms with Crippen LogP contribution in [0.25, 0.3) is 0 Å². The second-order valence-electron chi connectivity index (χ2n) is 8.96. The van der Waals surface area contributed by atoms with Crippen LogP contribution < -0.4 is 9.62 Å². The SMILES string of the molecule is Cc1ccc(S(=O)(=O)N(CC(=O)N[C@@H]2C[C@@H]3CC[C@H]2C3)c2cc(C)ccc2C)cc1. The van der Waals surface area contributed by atoms with Crippen molar-refractivity contribution in [3.63, 3.8) is 0 Å². The number of rotatable bonds is 6. The van der Waals surface area contributed by atoms with Crippen molar-refractivity contribution in [3.8, 4) is 0 Å². The molecular weight excluding hydrogens is 396 g/mol. The van der Waals surface area contributed by atoms with Gasteiger partial charge < -0.3 is 5.32 Å². The first-order valence-electron chi connectivity index (χ1n) is 10.7. The van der Waals surface area contributed by atoms with Gasteiger partial charge in [0.15, 0.2) is 0 Å². The van der Waals surface area contributed by atoms with Crippen molar-refractivity contribution in [2.45, 2.75) is 57.4 Å². The van der Waals surface area contributed by atoms with Crippen molar-refractivity contribution < 1.29 is 13.2 Å². The number of benzene rings is 2. The highest BCUT2D eigenvalue weighted by Gasteiger charge is 2.40. The average Bonchev–Trinajstić information content (AvgIpc) is 3.31. The molecule has 6 heteroatoms. The number of nitrogens with zero attached hydrogens (tertiary/aromatic N) is 1. The van der Waals surface area contributed by atoms with E-state index in [1.54, 1.807) is 24.3 Å². The first-order valence-corrected chi connectivity index (χ1v) is 12.1. The Morgan fingerprint density at radius 3 is 2.33 bits per heavy atom. The number of sulfonamides is 1. The van der Waals surface area contributed by atoms with Crippen LogP contribution in [0.3, 0.4) is 0 Å². The van der Waals surface area contributed by atoms with E-state index in [4.69, 9.17) is 0 Å². The van der Waals surface area contributed by atoms with Gasteiger partial charge >= 0.3 is 0 Å². The summed E-state index contributed by atoms with van der Waals surface area (Å²) >= 11 is 0. The van der Waals surface area contributed by atoms with E-state index < -0.39 is 10.0 Å². The number of nitrogens with one attached hydrogen (secondary N) is 1. The summed E-state index contributed by atoms with van der Waals surface area (Å²) in [5.41, 5.74) is 3.32. The van der Waals surface area contributed by atoms with Crippen LogP contribution in [0.15, 0.2) is 47.4 Å². The van der Waals surface area contributed by atoms with Crippen LogP contribution in [-0.4, -0.2) is 26.9 Å². The summed E-state index contributed by atoms with van der Waals surface area (Å²) in [6.45, 7) is 5.51. The van der Waals surface area contributed by atoms with E-state index >= 15 is 0 Å². The predicted molar refractivity (Wildman–Crippen MR) is 119 cm³/mol. The van der Waals surface area contributed by atoms with Gasteiger partial charge in [-0.1, -0.05) is 36.2 Å². The molecule has 3 atom stereocenters. The minimum Gasteiger partial charge on any atom is -0.352 e. The summed E-state index contributed by atoms with van der Waals surface area (Å²) in [6, 6.07) is 12.6. The first kappa shape index (κ1) is 20.9. The molecule has 5 nitrogen and oxygen atoms in total. The molecule has 2 aromatic carbocycles. The third-order valence-electron chi connectivity index (χ3n) is 6.61. The van der Waals surface area contributed by atoms with Gasteiger partial charge in [-0.25, -0.2) is 8.42 Å². The maximum Gasteiger partial charge on any atom is 0.264 e. The van der Waals surface area contributed by atoms with E-state index in [0.29, 0.717) is 17.5 Å². The van der Waals surface area contributed by atoms with E-state index in [-0.39, 0.29) is 23.4 Å². The van der Waals surface area contributed by atoms with Crippen LogP contribution in [0.2, 0.25) is 0 Å². The molecule has 2 saturated carbocycles. The Kier molecular flexibility index (Phi) is 5.62. The molecule has 4 rings (SSSR count). The Bertz CT molecular complexity index is 1050. The van der Waals surface area contributed by atoms with Crippen molar-refractivity contribution in [2.24, 2.45) is 11.8 Å². The highest BCUT2D eigenvalue weighted by Crippen LogP contribution is 2.44. The summed E-state index contributed by atoms with van der Waals surface area (Å²) in [5, 5.41) is 3.13. The lowest BCUT2D eigenvalue weighted by molar-refractivity contribution is -0.120. The Morgan fingerprint density at radius 1 is 1.00 bits per heavy atom. The number of carbonyl (C=O) groups excluding carboxylic acids is 1. The lowest BCUT2D eigenvalue weighted by atomic mass is 9.95. The van der Waals surface area contributed by atoms with Gasteiger partial charge in [0.25, 0.3) is 10.0 Å². The zero-order chi connectivity index (χ0) is 21.5. The van der Waals surface area contributed by atoms with E-state index in [9.17, 15) is 13.2 Å².